The van der Waals surface area contributed by atoms with Gasteiger partial charge in [0, 0.05) is 29.7 Å². The van der Waals surface area contributed by atoms with Gasteiger partial charge in [0.05, 0.1) is 6.61 Å². The van der Waals surface area contributed by atoms with Crippen molar-refractivity contribution in [3.8, 4) is 17.0 Å². The first-order valence-electron chi connectivity index (χ1n) is 6.11. The molecule has 0 unspecified atom stereocenters. The minimum absolute atomic E-state index is 0.0758. The Balaban J connectivity index is 2.28. The van der Waals surface area contributed by atoms with Gasteiger partial charge in [-0.25, -0.2) is 15.0 Å². The summed E-state index contributed by atoms with van der Waals surface area (Å²) in [5.41, 5.74) is 7.27. The number of nitrogen functional groups attached to an aromatic ring is 1. The highest BCUT2D eigenvalue weighted by Gasteiger charge is 2.14. The highest BCUT2D eigenvalue weighted by atomic mass is 16.5. The van der Waals surface area contributed by atoms with E-state index in [0.29, 0.717) is 12.5 Å². The zero-order chi connectivity index (χ0) is 13.9. The second-order valence-electron chi connectivity index (χ2n) is 5.54. The fourth-order valence-electron chi connectivity index (χ4n) is 1.49. The van der Waals surface area contributed by atoms with Gasteiger partial charge in [-0.3, -0.25) is 0 Å². The van der Waals surface area contributed by atoms with Gasteiger partial charge in [0.1, 0.15) is 0 Å². The van der Waals surface area contributed by atoms with Crippen molar-refractivity contribution < 1.29 is 4.74 Å². The summed E-state index contributed by atoms with van der Waals surface area (Å²) in [5.74, 6) is 0.843. The zero-order valence-corrected chi connectivity index (χ0v) is 11.4. The van der Waals surface area contributed by atoms with Gasteiger partial charge in [-0.2, -0.15) is 0 Å². The quantitative estimate of drug-likeness (QED) is 0.915. The number of rotatable bonds is 3. The van der Waals surface area contributed by atoms with Crippen LogP contribution in [-0.4, -0.2) is 21.6 Å². The molecule has 0 aliphatic rings. The maximum atomic E-state index is 5.79. The second kappa shape index (κ2) is 5.22. The van der Waals surface area contributed by atoms with Crippen LogP contribution in [0, 0.1) is 5.41 Å². The molecule has 5 heteroatoms. The lowest BCUT2D eigenvalue weighted by molar-refractivity contribution is 0.192. The molecule has 0 radical (unpaired) electrons. The fourth-order valence-corrected chi connectivity index (χ4v) is 1.49. The first kappa shape index (κ1) is 13.3. The first-order chi connectivity index (χ1) is 8.96. The minimum atomic E-state index is 0.0758. The molecule has 0 amide bonds. The molecule has 5 nitrogen and oxygen atoms in total. The molecule has 2 aromatic heterocycles. The molecule has 0 aliphatic carbocycles. The number of nitrogens with two attached hydrogens (primary N) is 1. The van der Waals surface area contributed by atoms with Crippen LogP contribution in [0.4, 0.5) is 5.95 Å². The van der Waals surface area contributed by atoms with E-state index in [1.807, 2.05) is 12.1 Å². The summed E-state index contributed by atoms with van der Waals surface area (Å²) in [6.07, 6.45) is 5.05. The molecular weight excluding hydrogens is 240 g/mol. The van der Waals surface area contributed by atoms with Crippen molar-refractivity contribution in [2.45, 2.75) is 20.8 Å². The first-order valence-corrected chi connectivity index (χ1v) is 6.11. The standard InChI is InChI=1S/C14H18N4O/c1-14(2,3)9-19-12-11(5-4-6-16-12)10-7-17-13(15)18-8-10/h4-8H,9H2,1-3H3,(H2,15,17,18). The maximum absolute atomic E-state index is 5.79. The van der Waals surface area contributed by atoms with E-state index in [1.54, 1.807) is 18.6 Å². The number of hydrogen-bond donors (Lipinski definition) is 1. The Morgan fingerprint density at radius 1 is 1.16 bits per heavy atom. The van der Waals surface area contributed by atoms with Crippen molar-refractivity contribution >= 4 is 5.95 Å². The molecule has 2 aromatic rings. The number of nitrogens with zero attached hydrogens (tertiary/aromatic N) is 3. The van der Waals surface area contributed by atoms with Gasteiger partial charge in [0.2, 0.25) is 11.8 Å². The van der Waals surface area contributed by atoms with E-state index >= 15 is 0 Å². The van der Waals surface area contributed by atoms with Gasteiger partial charge in [-0.15, -0.1) is 0 Å². The fraction of sp³-hybridized carbons (Fsp3) is 0.357. The Morgan fingerprint density at radius 2 is 1.84 bits per heavy atom. The third kappa shape index (κ3) is 3.64. The van der Waals surface area contributed by atoms with Crippen LogP contribution in [-0.2, 0) is 0 Å². The Bertz CT molecular complexity index is 546. The summed E-state index contributed by atoms with van der Waals surface area (Å²) in [5, 5.41) is 0. The Hall–Kier alpha value is -2.17. The topological polar surface area (TPSA) is 73.9 Å². The molecule has 0 spiro atoms. The molecule has 0 aromatic carbocycles. The van der Waals surface area contributed by atoms with Crippen LogP contribution in [0.1, 0.15) is 20.8 Å². The molecule has 19 heavy (non-hydrogen) atoms. The highest BCUT2D eigenvalue weighted by Crippen LogP contribution is 2.28. The van der Waals surface area contributed by atoms with Crippen LogP contribution in [0.15, 0.2) is 30.7 Å². The maximum Gasteiger partial charge on any atom is 0.221 e. The van der Waals surface area contributed by atoms with E-state index in [9.17, 15) is 0 Å². The summed E-state index contributed by atoms with van der Waals surface area (Å²) in [6, 6.07) is 3.79. The van der Waals surface area contributed by atoms with Crippen molar-refractivity contribution in [2.24, 2.45) is 5.41 Å². The van der Waals surface area contributed by atoms with Gasteiger partial charge in [0.25, 0.3) is 0 Å². The van der Waals surface area contributed by atoms with Crippen molar-refractivity contribution in [3.05, 3.63) is 30.7 Å². The molecule has 2 N–H and O–H groups in total. The second-order valence-corrected chi connectivity index (χ2v) is 5.54. The van der Waals surface area contributed by atoms with Gasteiger partial charge >= 0.3 is 0 Å². The van der Waals surface area contributed by atoms with E-state index in [-0.39, 0.29) is 11.4 Å². The van der Waals surface area contributed by atoms with Gasteiger partial charge in [-0.05, 0) is 17.5 Å². The normalized spacial score (nSPS) is 11.3. The van der Waals surface area contributed by atoms with E-state index < -0.39 is 0 Å². The van der Waals surface area contributed by atoms with Crippen LogP contribution in [0.25, 0.3) is 11.1 Å². The molecule has 2 rings (SSSR count). The number of anilines is 1. The van der Waals surface area contributed by atoms with Gasteiger partial charge in [-0.1, -0.05) is 20.8 Å². The lowest BCUT2D eigenvalue weighted by Gasteiger charge is -2.19. The minimum Gasteiger partial charge on any atom is -0.477 e. The Morgan fingerprint density at radius 3 is 2.47 bits per heavy atom. The summed E-state index contributed by atoms with van der Waals surface area (Å²) < 4.78 is 5.79. The molecule has 0 bridgehead atoms. The zero-order valence-electron chi connectivity index (χ0n) is 11.4. The lowest BCUT2D eigenvalue weighted by atomic mass is 9.99. The number of aromatic nitrogens is 3. The van der Waals surface area contributed by atoms with Crippen LogP contribution in [0.5, 0.6) is 5.88 Å². The molecule has 0 saturated carbocycles. The number of pyridine rings is 1. The van der Waals surface area contributed by atoms with Crippen LogP contribution in [0.2, 0.25) is 0 Å². The highest BCUT2D eigenvalue weighted by molar-refractivity contribution is 5.67. The lowest BCUT2D eigenvalue weighted by Crippen LogP contribution is -2.17. The average molecular weight is 258 g/mol. The SMILES string of the molecule is CC(C)(C)COc1ncccc1-c1cnc(N)nc1. The molecule has 2 heterocycles. The molecule has 0 aliphatic heterocycles. The molecular formula is C14H18N4O. The van der Waals surface area contributed by atoms with E-state index in [4.69, 9.17) is 10.5 Å². The smallest absolute Gasteiger partial charge is 0.221 e. The summed E-state index contributed by atoms with van der Waals surface area (Å²) in [7, 11) is 0. The summed E-state index contributed by atoms with van der Waals surface area (Å²) in [4.78, 5) is 12.2. The number of ether oxygens (including phenoxy) is 1. The Kier molecular flexibility index (Phi) is 3.64. The van der Waals surface area contributed by atoms with Crippen LogP contribution in [0.3, 0.4) is 0 Å². The Labute approximate surface area is 112 Å². The number of hydrogen-bond acceptors (Lipinski definition) is 5. The third-order valence-corrected chi connectivity index (χ3v) is 2.40. The van der Waals surface area contributed by atoms with Gasteiger partial charge in [0.15, 0.2) is 0 Å². The molecule has 0 fully saturated rings. The van der Waals surface area contributed by atoms with Crippen molar-refractivity contribution in [1.82, 2.24) is 15.0 Å². The van der Waals surface area contributed by atoms with E-state index in [1.165, 1.54) is 0 Å². The van der Waals surface area contributed by atoms with Crippen molar-refractivity contribution in [1.29, 1.82) is 0 Å². The monoisotopic (exact) mass is 258 g/mol. The van der Waals surface area contributed by atoms with E-state index in [0.717, 1.165) is 11.1 Å². The largest absolute Gasteiger partial charge is 0.477 e. The average Bonchev–Trinajstić information content (AvgIpc) is 2.37. The predicted octanol–water partition coefficient (Wildman–Crippen LogP) is 2.55. The van der Waals surface area contributed by atoms with Crippen molar-refractivity contribution in [3.63, 3.8) is 0 Å². The molecule has 0 saturated heterocycles. The summed E-state index contributed by atoms with van der Waals surface area (Å²) >= 11 is 0. The van der Waals surface area contributed by atoms with Crippen LogP contribution >= 0.6 is 0 Å². The van der Waals surface area contributed by atoms with Crippen molar-refractivity contribution in [2.75, 3.05) is 12.3 Å². The third-order valence-electron chi connectivity index (χ3n) is 2.40. The van der Waals surface area contributed by atoms with Gasteiger partial charge < -0.3 is 10.5 Å². The molecule has 0 atom stereocenters. The predicted molar refractivity (Wildman–Crippen MR) is 74.6 cm³/mol. The van der Waals surface area contributed by atoms with Crippen LogP contribution < -0.4 is 10.5 Å². The van der Waals surface area contributed by atoms with E-state index in [2.05, 4.69) is 35.7 Å². The summed E-state index contributed by atoms with van der Waals surface area (Å²) in [6.45, 7) is 6.93. The molecule has 100 valence electrons.